The molecule has 0 spiro atoms. The average Bonchev–Trinajstić information content (AvgIpc) is 1.57. The lowest BCUT2D eigenvalue weighted by molar-refractivity contribution is -0.114. The molecule has 0 bridgehead atoms. The summed E-state index contributed by atoms with van der Waals surface area (Å²) in [6.07, 6.45) is -0.408. The predicted octanol–water partition coefficient (Wildman–Crippen LogP) is 9.32. The monoisotopic (exact) mass is 1360 g/mol. The molecule has 0 aliphatic carbocycles. The van der Waals surface area contributed by atoms with Crippen LogP contribution in [-0.2, 0) is 65.5 Å². The van der Waals surface area contributed by atoms with E-state index < -0.39 is 136 Å². The Morgan fingerprint density at radius 1 is 0.721 bits per heavy atom. The van der Waals surface area contributed by atoms with E-state index in [1.165, 1.54) is 44.2 Å². The fourth-order valence-electron chi connectivity index (χ4n) is 8.18. The van der Waals surface area contributed by atoms with Gasteiger partial charge in [0.05, 0.1) is 49.6 Å². The Kier molecular flexibility index (Phi) is 18.1. The highest BCUT2D eigenvalue weighted by Crippen LogP contribution is 2.46. The normalized spacial score (nSPS) is 13.1. The van der Waals surface area contributed by atoms with Crippen molar-refractivity contribution in [2.45, 2.75) is 58.1 Å². The number of fused-ring (bicyclic) bond motifs is 6. The third-order valence-electron chi connectivity index (χ3n) is 11.9. The molecule has 0 saturated heterocycles. The maximum Gasteiger partial charge on any atom is 0.298 e. The van der Waals surface area contributed by atoms with Crippen molar-refractivity contribution in [3.63, 3.8) is 0 Å². The molecule has 0 atom stereocenters. The molecule has 8 rings (SSSR count). The number of nitrogens with one attached hydrogen (secondary N) is 1. The quantitative estimate of drug-likeness (QED) is 0.0144. The highest BCUT2D eigenvalue weighted by Gasteiger charge is 2.30. The van der Waals surface area contributed by atoms with Crippen LogP contribution < -0.4 is 10.1 Å². The summed E-state index contributed by atoms with van der Waals surface area (Å²) in [5.41, 5.74) is -2.14. The van der Waals surface area contributed by atoms with Crippen LogP contribution in [0.2, 0.25) is 5.02 Å². The van der Waals surface area contributed by atoms with Crippen LogP contribution in [0.4, 0.5) is 39.3 Å². The summed E-state index contributed by atoms with van der Waals surface area (Å²) in [5, 5.41) is 48.0. The molecule has 0 aliphatic heterocycles. The number of aromatic hydroxyl groups is 1. The van der Waals surface area contributed by atoms with Crippen molar-refractivity contribution in [3.05, 3.63) is 76.3 Å². The minimum Gasteiger partial charge on any atom is -0.493 e. The lowest BCUT2D eigenvalue weighted by atomic mass is 10.1. The van der Waals surface area contributed by atoms with Gasteiger partial charge >= 0.3 is 0 Å². The van der Waals surface area contributed by atoms with Gasteiger partial charge in [-0.15, -0.1) is 37.3 Å². The number of amides is 1. The molecule has 32 nitrogen and oxygen atoms in total. The van der Waals surface area contributed by atoms with Crippen LogP contribution in [0.25, 0.3) is 37.7 Å². The second-order valence-corrected chi connectivity index (χ2v) is 29.2. The van der Waals surface area contributed by atoms with Gasteiger partial charge in [0.1, 0.15) is 60.2 Å². The smallest absolute Gasteiger partial charge is 0.298 e. The number of ether oxygens (including phenoxy) is 1. The van der Waals surface area contributed by atoms with Gasteiger partial charge < -0.3 is 15.2 Å². The first kappa shape index (κ1) is 64.7. The number of aromatic nitrogens is 3. The Hall–Kier alpha value is -7.34. The van der Waals surface area contributed by atoms with Crippen molar-refractivity contribution in [1.29, 1.82) is 5.26 Å². The summed E-state index contributed by atoms with van der Waals surface area (Å²) in [4.78, 5) is 17.1. The number of benzene rings is 5. The van der Waals surface area contributed by atoms with Gasteiger partial charge in [-0.1, -0.05) is 22.9 Å². The first-order chi connectivity index (χ1) is 39.8. The molecule has 1 amide bonds. The molecule has 8 N–H and O–H groups in total. The summed E-state index contributed by atoms with van der Waals surface area (Å²) < 4.78 is 211. The topological polar surface area (TPSA) is 513 Å². The van der Waals surface area contributed by atoms with Gasteiger partial charge in [0.2, 0.25) is 16.9 Å². The summed E-state index contributed by atoms with van der Waals surface area (Å²) >= 11 is 7.51. The molecule has 86 heavy (non-hydrogen) atoms. The molecule has 0 unspecified atom stereocenters. The van der Waals surface area contributed by atoms with Crippen molar-refractivity contribution in [1.82, 2.24) is 14.4 Å². The fraction of sp³-hybridized carbons (Fsp3) is 0.200. The Morgan fingerprint density at radius 2 is 1.36 bits per heavy atom. The standard InChI is InChI=1S/C45H38ClN11O21S8/c1-20-12-31(53-55-38-21(2)26(19-47)43-49-39-33(57(43)44(38)59)7-6-27(46)42(39)86(75,76)77)34(78-8-4-10-81(60,61)62)17-28(20)51-54-32-16-29(48-22(3)58)30(18-35(32)79-9-5-11-82(63,64)65)52-56-45-50-40-37(85(72,73)74)15-24-25(41(40)80-45)13-23(83(66,67)68)14-36(24)84(69,70)71/h6-7,12-18,59H,4-5,8-11H2,1-3H3,(H,48,58)(H,60,61,62)(H,63,64,65)(H,66,67,68)(H,69,70,71)(H,72,73,74)(H,75,76,77). The number of azo groups is 3. The number of pyridine rings is 1. The zero-order chi connectivity index (χ0) is 63.4. The summed E-state index contributed by atoms with van der Waals surface area (Å²) in [6, 6.07) is 11.1. The van der Waals surface area contributed by atoms with Gasteiger partial charge in [0, 0.05) is 34.2 Å². The molecule has 5 aromatic carbocycles. The van der Waals surface area contributed by atoms with E-state index >= 15 is 0 Å². The van der Waals surface area contributed by atoms with Crippen molar-refractivity contribution < 1.29 is 92.5 Å². The maximum atomic E-state index is 12.7. The summed E-state index contributed by atoms with van der Waals surface area (Å²) in [5.74, 6) is -3.01. The van der Waals surface area contributed by atoms with Crippen LogP contribution in [0.1, 0.15) is 36.5 Å². The Labute approximate surface area is 498 Å². The van der Waals surface area contributed by atoms with Crippen LogP contribution in [0.15, 0.2) is 110 Å². The molecular weight excluding hydrogens is 1320 g/mol. The minimum absolute atomic E-state index is 0.00958. The number of thioether (sulfide) groups is 1. The number of rotatable bonds is 21. The number of thiazole rings is 1. The molecule has 8 aromatic rings. The molecule has 0 radical (unpaired) electrons. The van der Waals surface area contributed by atoms with E-state index in [4.69, 9.17) is 16.3 Å². The number of nitrogens with zero attached hydrogens (tertiary/aromatic N) is 10. The zero-order valence-electron chi connectivity index (χ0n) is 43.4. The SMILES string of the molecule is CC(=O)Nc1cc(N=Nc2cc(OCCCS(=O)(=O)O)c(N=Nc3c(C)c(C#N)c4nc5c(S(=O)(=O)O)c(Cl)ccc5n4c3O)cc2C)c(SCCCS(=O)(=O)O)cc1N=Nc1nc2c(S(=O)(=O)O)cc3c(S(=O)(=O)O)cc(S(=O)(=O)O)cc3c2s1. The number of aryl methyl sites for hydroxylation is 1. The lowest BCUT2D eigenvalue weighted by Gasteiger charge is -2.13. The number of anilines is 1. The van der Waals surface area contributed by atoms with Crippen LogP contribution >= 0.6 is 34.7 Å². The Bertz CT molecular complexity index is 5090. The van der Waals surface area contributed by atoms with E-state index in [1.54, 1.807) is 0 Å². The summed E-state index contributed by atoms with van der Waals surface area (Å²) in [7, 11) is -29.7. The van der Waals surface area contributed by atoms with Gasteiger partial charge in [-0.3, -0.25) is 36.5 Å². The largest absolute Gasteiger partial charge is 0.493 e. The second-order valence-electron chi connectivity index (χ2n) is 18.0. The van der Waals surface area contributed by atoms with Gasteiger partial charge in [0.15, 0.2) is 11.3 Å². The first-order valence-electron chi connectivity index (χ1n) is 23.4. The van der Waals surface area contributed by atoms with Crippen LogP contribution in [0.3, 0.4) is 0 Å². The van der Waals surface area contributed by atoms with Crippen molar-refractivity contribution in [3.8, 4) is 17.7 Å². The molecule has 0 aliphatic rings. The van der Waals surface area contributed by atoms with E-state index in [-0.39, 0.29) is 103 Å². The number of hydrogen-bond donors (Lipinski definition) is 8. The molecule has 3 heterocycles. The summed E-state index contributed by atoms with van der Waals surface area (Å²) in [6.45, 7) is 3.62. The van der Waals surface area contributed by atoms with Crippen LogP contribution in [0.5, 0.6) is 11.6 Å². The number of imidazole rings is 1. The average molecular weight is 1360 g/mol. The molecule has 41 heteroatoms. The second kappa shape index (κ2) is 24.1. The number of hydrogen-bond acceptors (Lipinski definition) is 26. The number of nitriles is 1. The lowest BCUT2D eigenvalue weighted by Crippen LogP contribution is -2.08. The highest BCUT2D eigenvalue weighted by atomic mass is 35.5. The van der Waals surface area contributed by atoms with E-state index in [2.05, 4.69) is 46.0 Å². The Morgan fingerprint density at radius 3 is 1.98 bits per heavy atom. The maximum absolute atomic E-state index is 12.7. The number of carbonyl (C=O) groups excluding carboxylic acids is 1. The van der Waals surface area contributed by atoms with Crippen LogP contribution in [-0.4, -0.2) is 127 Å². The predicted molar refractivity (Wildman–Crippen MR) is 308 cm³/mol. The van der Waals surface area contributed by atoms with Crippen LogP contribution in [0, 0.1) is 25.2 Å². The van der Waals surface area contributed by atoms with Crippen molar-refractivity contribution in [2.75, 3.05) is 29.2 Å². The van der Waals surface area contributed by atoms with E-state index in [0.717, 1.165) is 35.2 Å². The van der Waals surface area contributed by atoms with Gasteiger partial charge in [-0.25, -0.2) is 9.97 Å². The molecule has 0 saturated carbocycles. The molecule has 454 valence electrons. The van der Waals surface area contributed by atoms with Crippen molar-refractivity contribution >= 4 is 178 Å². The van der Waals surface area contributed by atoms with Gasteiger partial charge in [-0.2, -0.15) is 60.9 Å². The Balaban J connectivity index is 1.24. The third kappa shape index (κ3) is 14.4. The van der Waals surface area contributed by atoms with Gasteiger partial charge in [-0.05, 0) is 86.5 Å². The molecular formula is C45H38ClN11O21S8. The minimum atomic E-state index is -5.36. The van der Waals surface area contributed by atoms with Crippen molar-refractivity contribution in [2.24, 2.45) is 30.7 Å². The zero-order valence-corrected chi connectivity index (χ0v) is 50.7. The van der Waals surface area contributed by atoms with E-state index in [1.807, 2.05) is 6.07 Å². The van der Waals surface area contributed by atoms with Gasteiger partial charge in [0.25, 0.3) is 60.7 Å². The number of halogens is 1. The van der Waals surface area contributed by atoms with E-state index in [0.29, 0.717) is 23.5 Å². The first-order valence-corrected chi connectivity index (χ1v) is 34.6. The molecule has 0 fully saturated rings. The third-order valence-corrected chi connectivity index (χ3v) is 19.5. The molecule has 3 aromatic heterocycles. The highest BCUT2D eigenvalue weighted by molar-refractivity contribution is 7.99. The number of carbonyl (C=O) groups is 1. The van der Waals surface area contributed by atoms with E-state index in [9.17, 15) is 93.0 Å². The fourth-order valence-corrected chi connectivity index (χ4v) is 14.4.